The number of nitrogens with zero attached hydrogens (tertiary/aromatic N) is 1. The molecule has 0 bridgehead atoms. The van der Waals surface area contributed by atoms with Crippen LogP contribution in [0.2, 0.25) is 5.02 Å². The zero-order chi connectivity index (χ0) is 9.68. The first-order valence-corrected chi connectivity index (χ1v) is 4.11. The number of benzene rings is 1. The second kappa shape index (κ2) is 4.64. The Morgan fingerprint density at radius 1 is 1.54 bits per heavy atom. The molecule has 13 heavy (non-hydrogen) atoms. The Balaban J connectivity index is 2.94. The van der Waals surface area contributed by atoms with Crippen molar-refractivity contribution in [2.75, 3.05) is 0 Å². The molecule has 1 aromatic carbocycles. The van der Waals surface area contributed by atoms with Crippen LogP contribution in [0.4, 0.5) is 4.39 Å². The lowest BCUT2D eigenvalue weighted by Gasteiger charge is -1.98. The van der Waals surface area contributed by atoms with Crippen molar-refractivity contribution in [3.05, 3.63) is 40.7 Å². The number of hydrogen-bond acceptors (Lipinski definition) is 1. The Bertz CT molecular complexity index is 345. The van der Waals surface area contributed by atoms with Gasteiger partial charge in [-0.15, -0.1) is 0 Å². The fourth-order valence-electron chi connectivity index (χ4n) is 0.899. The topological polar surface area (TPSA) is 23.8 Å². The van der Waals surface area contributed by atoms with E-state index in [-0.39, 0.29) is 12.2 Å². The molecule has 0 aliphatic rings. The molecule has 0 aromatic heterocycles. The third-order valence-electron chi connectivity index (χ3n) is 1.49. The van der Waals surface area contributed by atoms with Crippen LogP contribution in [0.3, 0.4) is 0 Å². The molecular formula is C10H7ClFN. The zero-order valence-corrected chi connectivity index (χ0v) is 7.55. The molecule has 0 radical (unpaired) electrons. The average Bonchev–Trinajstić information content (AvgIpc) is 2.10. The van der Waals surface area contributed by atoms with E-state index in [4.69, 9.17) is 16.9 Å². The van der Waals surface area contributed by atoms with Gasteiger partial charge in [-0.1, -0.05) is 29.8 Å². The number of rotatable bonds is 2. The van der Waals surface area contributed by atoms with E-state index in [9.17, 15) is 4.39 Å². The lowest BCUT2D eigenvalue weighted by molar-refractivity contribution is 0.625. The second-order valence-electron chi connectivity index (χ2n) is 2.40. The predicted octanol–water partition coefficient (Wildman–Crippen LogP) is 3.41. The summed E-state index contributed by atoms with van der Waals surface area (Å²) in [7, 11) is 0. The Kier molecular flexibility index (Phi) is 3.48. The van der Waals surface area contributed by atoms with Gasteiger partial charge in [0.2, 0.25) is 0 Å². The highest BCUT2D eigenvalue weighted by molar-refractivity contribution is 6.32. The Morgan fingerprint density at radius 3 is 2.92 bits per heavy atom. The molecular weight excluding hydrogens is 189 g/mol. The van der Waals surface area contributed by atoms with E-state index >= 15 is 0 Å². The molecule has 0 unspecified atom stereocenters. The average molecular weight is 196 g/mol. The van der Waals surface area contributed by atoms with Crippen LogP contribution in [0.1, 0.15) is 12.0 Å². The zero-order valence-electron chi connectivity index (χ0n) is 6.80. The van der Waals surface area contributed by atoms with Gasteiger partial charge in [-0.2, -0.15) is 5.26 Å². The molecule has 0 aliphatic carbocycles. The van der Waals surface area contributed by atoms with Crippen LogP contribution >= 0.6 is 11.6 Å². The van der Waals surface area contributed by atoms with Gasteiger partial charge in [0.05, 0.1) is 17.5 Å². The van der Waals surface area contributed by atoms with Crippen molar-refractivity contribution < 1.29 is 4.39 Å². The fraction of sp³-hybridized carbons (Fsp3) is 0.100. The van der Waals surface area contributed by atoms with Crippen molar-refractivity contribution >= 4 is 17.7 Å². The van der Waals surface area contributed by atoms with Crippen molar-refractivity contribution in [2.24, 2.45) is 0 Å². The SMILES string of the molecule is N#CCC=Cc1c(F)cccc1Cl. The van der Waals surface area contributed by atoms with E-state index in [1.54, 1.807) is 18.2 Å². The van der Waals surface area contributed by atoms with Crippen molar-refractivity contribution in [3.8, 4) is 6.07 Å². The molecule has 0 amide bonds. The first kappa shape index (κ1) is 9.76. The van der Waals surface area contributed by atoms with Gasteiger partial charge in [0.25, 0.3) is 0 Å². The summed E-state index contributed by atoms with van der Waals surface area (Å²) in [5.74, 6) is -0.373. The summed E-state index contributed by atoms with van der Waals surface area (Å²) < 4.78 is 13.1. The van der Waals surface area contributed by atoms with Gasteiger partial charge < -0.3 is 0 Å². The maximum atomic E-state index is 13.1. The van der Waals surface area contributed by atoms with E-state index in [2.05, 4.69) is 0 Å². The summed E-state index contributed by atoms with van der Waals surface area (Å²) in [6.45, 7) is 0. The van der Waals surface area contributed by atoms with E-state index < -0.39 is 0 Å². The van der Waals surface area contributed by atoms with Gasteiger partial charge in [0.1, 0.15) is 5.82 Å². The van der Waals surface area contributed by atoms with Crippen LogP contribution in [-0.2, 0) is 0 Å². The molecule has 0 heterocycles. The largest absolute Gasteiger partial charge is 0.206 e. The molecule has 0 saturated carbocycles. The van der Waals surface area contributed by atoms with Crippen LogP contribution in [0.5, 0.6) is 0 Å². The van der Waals surface area contributed by atoms with Crippen molar-refractivity contribution in [1.82, 2.24) is 0 Å². The van der Waals surface area contributed by atoms with E-state index in [0.717, 1.165) is 0 Å². The first-order valence-electron chi connectivity index (χ1n) is 3.73. The molecule has 0 spiro atoms. The number of halogens is 2. The third kappa shape index (κ3) is 2.57. The van der Waals surface area contributed by atoms with Gasteiger partial charge in [0.15, 0.2) is 0 Å². The minimum Gasteiger partial charge on any atom is -0.206 e. The van der Waals surface area contributed by atoms with Gasteiger partial charge >= 0.3 is 0 Å². The summed E-state index contributed by atoms with van der Waals surface area (Å²) in [6, 6.07) is 6.40. The van der Waals surface area contributed by atoms with Crippen LogP contribution in [0.15, 0.2) is 24.3 Å². The second-order valence-corrected chi connectivity index (χ2v) is 2.81. The monoisotopic (exact) mass is 195 g/mol. The van der Waals surface area contributed by atoms with Crippen LogP contribution in [0, 0.1) is 17.1 Å². The normalized spacial score (nSPS) is 10.2. The van der Waals surface area contributed by atoms with Crippen LogP contribution in [-0.4, -0.2) is 0 Å². The maximum Gasteiger partial charge on any atom is 0.131 e. The fourth-order valence-corrected chi connectivity index (χ4v) is 1.13. The predicted molar refractivity (Wildman–Crippen MR) is 50.7 cm³/mol. The molecule has 66 valence electrons. The molecule has 1 rings (SSSR count). The highest BCUT2D eigenvalue weighted by atomic mass is 35.5. The third-order valence-corrected chi connectivity index (χ3v) is 1.82. The summed E-state index contributed by atoms with van der Waals surface area (Å²) in [4.78, 5) is 0. The number of hydrogen-bond donors (Lipinski definition) is 0. The molecule has 3 heteroatoms. The summed E-state index contributed by atoms with van der Waals surface area (Å²) in [5, 5.41) is 8.61. The quantitative estimate of drug-likeness (QED) is 0.710. The molecule has 1 nitrogen and oxygen atoms in total. The molecule has 0 atom stereocenters. The highest BCUT2D eigenvalue weighted by Crippen LogP contribution is 2.20. The van der Waals surface area contributed by atoms with Crippen LogP contribution < -0.4 is 0 Å². The lowest BCUT2D eigenvalue weighted by atomic mass is 10.2. The number of nitriles is 1. The van der Waals surface area contributed by atoms with Crippen molar-refractivity contribution in [2.45, 2.75) is 6.42 Å². The Morgan fingerprint density at radius 2 is 2.31 bits per heavy atom. The van der Waals surface area contributed by atoms with Gasteiger partial charge in [-0.3, -0.25) is 0 Å². The number of allylic oxidation sites excluding steroid dienone is 1. The van der Waals surface area contributed by atoms with Gasteiger partial charge in [-0.25, -0.2) is 4.39 Å². The smallest absolute Gasteiger partial charge is 0.131 e. The van der Waals surface area contributed by atoms with Crippen molar-refractivity contribution in [1.29, 1.82) is 5.26 Å². The molecule has 0 aliphatic heterocycles. The van der Waals surface area contributed by atoms with E-state index in [1.807, 2.05) is 6.07 Å². The van der Waals surface area contributed by atoms with Gasteiger partial charge in [-0.05, 0) is 12.1 Å². The molecule has 0 saturated heterocycles. The summed E-state index contributed by atoms with van der Waals surface area (Å²) in [5.41, 5.74) is 0.333. The molecule has 1 aromatic rings. The van der Waals surface area contributed by atoms with Crippen molar-refractivity contribution in [3.63, 3.8) is 0 Å². The van der Waals surface area contributed by atoms with E-state index in [1.165, 1.54) is 12.1 Å². The molecule has 0 N–H and O–H groups in total. The van der Waals surface area contributed by atoms with E-state index in [0.29, 0.717) is 10.6 Å². The van der Waals surface area contributed by atoms with Gasteiger partial charge in [0, 0.05) is 5.56 Å². The minimum atomic E-state index is -0.373. The summed E-state index contributed by atoms with van der Waals surface area (Å²) in [6.07, 6.45) is 3.34. The minimum absolute atomic E-state index is 0.255. The van der Waals surface area contributed by atoms with Crippen LogP contribution in [0.25, 0.3) is 6.08 Å². The lowest BCUT2D eigenvalue weighted by Crippen LogP contribution is -1.81. The Labute approximate surface area is 81.1 Å². The first-order chi connectivity index (χ1) is 6.25. The molecule has 0 fully saturated rings. The standard InChI is InChI=1S/C10H7ClFN/c11-9-5-3-6-10(12)8(9)4-1-2-7-13/h1,3-6H,2H2. The Hall–Kier alpha value is -1.33. The maximum absolute atomic E-state index is 13.1. The summed E-state index contributed by atoms with van der Waals surface area (Å²) >= 11 is 5.73. The highest BCUT2D eigenvalue weighted by Gasteiger charge is 2.01.